The van der Waals surface area contributed by atoms with Crippen molar-refractivity contribution in [2.45, 2.75) is 12.3 Å². The van der Waals surface area contributed by atoms with Gasteiger partial charge in [-0.3, -0.25) is 0 Å². The number of hydrogen-bond acceptors (Lipinski definition) is 1. The average molecular weight is 678 g/mol. The molecule has 0 spiro atoms. The highest BCUT2D eigenvalue weighted by molar-refractivity contribution is 5.93. The van der Waals surface area contributed by atoms with E-state index in [9.17, 15) is 0 Å². The third kappa shape index (κ3) is 6.73. The summed E-state index contributed by atoms with van der Waals surface area (Å²) in [5.41, 5.74) is 14.4. The van der Waals surface area contributed by atoms with Crippen molar-refractivity contribution < 1.29 is 0 Å². The first-order valence-corrected chi connectivity index (χ1v) is 18.4. The van der Waals surface area contributed by atoms with Crippen LogP contribution in [0.5, 0.6) is 0 Å². The van der Waals surface area contributed by atoms with Crippen molar-refractivity contribution in [1.29, 1.82) is 0 Å². The maximum absolute atomic E-state index is 2.38. The maximum atomic E-state index is 2.38. The van der Waals surface area contributed by atoms with Gasteiger partial charge < -0.3 is 4.90 Å². The summed E-state index contributed by atoms with van der Waals surface area (Å²) in [6, 6.07) is 70.6. The van der Waals surface area contributed by atoms with Crippen molar-refractivity contribution in [3.8, 4) is 44.5 Å². The van der Waals surface area contributed by atoms with Gasteiger partial charge in [0.1, 0.15) is 0 Å². The Morgan fingerprint density at radius 3 is 1.66 bits per heavy atom. The Bertz CT molecular complexity index is 2560. The standard InChI is InChI=1S/C52H39N/c1-4-13-38(14-5-1)41-25-30-48(31-26-41)53(50-22-12-21-45(36-50)39-15-6-2-7-16-39)49-32-27-42(28-33-49)46-29-34-51(52(37-46)43-18-8-3-9-19-43)47-24-23-40-17-10-11-20-44(40)35-47/h1-15,17-37,39H,16H2. The maximum Gasteiger partial charge on any atom is 0.0464 e. The number of benzene rings is 8. The first kappa shape index (κ1) is 32.2. The molecule has 0 amide bonds. The van der Waals surface area contributed by atoms with E-state index >= 15 is 0 Å². The minimum Gasteiger partial charge on any atom is -0.310 e. The monoisotopic (exact) mass is 677 g/mol. The summed E-state index contributed by atoms with van der Waals surface area (Å²) in [6.07, 6.45) is 9.89. The molecule has 0 N–H and O–H groups in total. The van der Waals surface area contributed by atoms with Crippen LogP contribution in [0.25, 0.3) is 55.3 Å². The normalized spacial score (nSPS) is 13.6. The highest BCUT2D eigenvalue weighted by Crippen LogP contribution is 2.40. The zero-order valence-corrected chi connectivity index (χ0v) is 29.5. The van der Waals surface area contributed by atoms with Gasteiger partial charge in [0.25, 0.3) is 0 Å². The minimum absolute atomic E-state index is 0.376. The summed E-state index contributed by atoms with van der Waals surface area (Å²) < 4.78 is 0. The van der Waals surface area contributed by atoms with Crippen LogP contribution in [0.2, 0.25) is 0 Å². The minimum atomic E-state index is 0.376. The van der Waals surface area contributed by atoms with Crippen LogP contribution < -0.4 is 4.90 Å². The lowest BCUT2D eigenvalue weighted by molar-refractivity contribution is 0.853. The number of rotatable bonds is 8. The number of hydrogen-bond donors (Lipinski definition) is 0. The van der Waals surface area contributed by atoms with Crippen molar-refractivity contribution in [2.24, 2.45) is 0 Å². The Morgan fingerprint density at radius 1 is 0.358 bits per heavy atom. The number of nitrogens with zero attached hydrogens (tertiary/aromatic N) is 1. The summed E-state index contributed by atoms with van der Waals surface area (Å²) in [6.45, 7) is 0. The average Bonchev–Trinajstić information content (AvgIpc) is 3.25. The van der Waals surface area contributed by atoms with Gasteiger partial charge in [-0.05, 0) is 116 Å². The molecule has 1 atom stereocenters. The van der Waals surface area contributed by atoms with E-state index in [1.165, 1.54) is 60.8 Å². The van der Waals surface area contributed by atoms with Gasteiger partial charge >= 0.3 is 0 Å². The van der Waals surface area contributed by atoms with Crippen LogP contribution in [-0.2, 0) is 0 Å². The van der Waals surface area contributed by atoms with Crippen molar-refractivity contribution in [3.63, 3.8) is 0 Å². The molecule has 1 unspecified atom stereocenters. The second-order valence-electron chi connectivity index (χ2n) is 13.7. The molecule has 0 radical (unpaired) electrons. The van der Waals surface area contributed by atoms with Crippen LogP contribution in [0.1, 0.15) is 17.9 Å². The molecule has 1 heteroatoms. The van der Waals surface area contributed by atoms with Gasteiger partial charge in [0, 0.05) is 23.0 Å². The second-order valence-corrected chi connectivity index (χ2v) is 13.7. The molecule has 1 aliphatic carbocycles. The summed E-state index contributed by atoms with van der Waals surface area (Å²) in [5, 5.41) is 2.51. The SMILES string of the molecule is C1=CCC(c2cccc(N(c3ccc(-c4ccccc4)cc3)c3ccc(-c4ccc(-c5ccc6ccccc6c5)c(-c5ccccc5)c4)cc3)c2)C=C1. The third-order valence-electron chi connectivity index (χ3n) is 10.4. The van der Waals surface area contributed by atoms with Gasteiger partial charge in [0.05, 0.1) is 0 Å². The topological polar surface area (TPSA) is 3.24 Å². The highest BCUT2D eigenvalue weighted by Gasteiger charge is 2.17. The van der Waals surface area contributed by atoms with E-state index in [1.54, 1.807) is 0 Å². The van der Waals surface area contributed by atoms with E-state index in [-0.39, 0.29) is 0 Å². The first-order valence-electron chi connectivity index (χ1n) is 18.4. The lowest BCUT2D eigenvalue weighted by atomic mass is 9.90. The van der Waals surface area contributed by atoms with Crippen LogP contribution in [0.4, 0.5) is 17.1 Å². The van der Waals surface area contributed by atoms with Crippen LogP contribution in [0.15, 0.2) is 218 Å². The summed E-state index contributed by atoms with van der Waals surface area (Å²) in [4.78, 5) is 2.38. The predicted octanol–water partition coefficient (Wildman–Crippen LogP) is 14.6. The Morgan fingerprint density at radius 2 is 0.962 bits per heavy atom. The van der Waals surface area contributed by atoms with Crippen molar-refractivity contribution in [1.82, 2.24) is 0 Å². The molecule has 1 aliphatic rings. The van der Waals surface area contributed by atoms with E-state index in [2.05, 4.69) is 223 Å². The molecular weight excluding hydrogens is 639 g/mol. The molecule has 0 aromatic heterocycles. The van der Waals surface area contributed by atoms with E-state index < -0.39 is 0 Å². The Hall–Kier alpha value is -6.70. The Kier molecular flexibility index (Phi) is 8.82. The molecule has 53 heavy (non-hydrogen) atoms. The van der Waals surface area contributed by atoms with Gasteiger partial charge in [0.2, 0.25) is 0 Å². The first-order chi connectivity index (χ1) is 26.3. The summed E-state index contributed by atoms with van der Waals surface area (Å²) in [7, 11) is 0. The lowest BCUT2D eigenvalue weighted by Crippen LogP contribution is -2.10. The van der Waals surface area contributed by atoms with Crippen LogP contribution >= 0.6 is 0 Å². The number of anilines is 3. The fourth-order valence-electron chi connectivity index (χ4n) is 7.59. The van der Waals surface area contributed by atoms with Crippen LogP contribution in [0, 0.1) is 0 Å². The molecule has 8 aromatic rings. The van der Waals surface area contributed by atoms with Crippen LogP contribution in [-0.4, -0.2) is 0 Å². The van der Waals surface area contributed by atoms with Gasteiger partial charge in [-0.15, -0.1) is 0 Å². The molecule has 8 aromatic carbocycles. The molecule has 1 nitrogen and oxygen atoms in total. The zero-order chi connectivity index (χ0) is 35.4. The lowest BCUT2D eigenvalue weighted by Gasteiger charge is -2.27. The summed E-state index contributed by atoms with van der Waals surface area (Å²) in [5.74, 6) is 0.376. The van der Waals surface area contributed by atoms with Gasteiger partial charge in [0.15, 0.2) is 0 Å². The molecule has 0 aliphatic heterocycles. The van der Waals surface area contributed by atoms with E-state index in [1.807, 2.05) is 0 Å². The molecule has 0 heterocycles. The van der Waals surface area contributed by atoms with E-state index in [4.69, 9.17) is 0 Å². The second kappa shape index (κ2) is 14.5. The molecule has 0 saturated heterocycles. The smallest absolute Gasteiger partial charge is 0.0464 e. The zero-order valence-electron chi connectivity index (χ0n) is 29.5. The fourth-order valence-corrected chi connectivity index (χ4v) is 7.59. The number of fused-ring (bicyclic) bond motifs is 1. The quantitative estimate of drug-likeness (QED) is 0.155. The Labute approximate surface area is 312 Å². The predicted molar refractivity (Wildman–Crippen MR) is 226 cm³/mol. The molecule has 0 saturated carbocycles. The van der Waals surface area contributed by atoms with Crippen molar-refractivity contribution in [2.75, 3.05) is 4.90 Å². The van der Waals surface area contributed by atoms with Crippen LogP contribution in [0.3, 0.4) is 0 Å². The van der Waals surface area contributed by atoms with Gasteiger partial charge in [-0.1, -0.05) is 170 Å². The molecular formula is C52H39N. The van der Waals surface area contributed by atoms with Crippen molar-refractivity contribution in [3.05, 3.63) is 224 Å². The number of allylic oxidation sites excluding steroid dienone is 4. The molecule has 252 valence electrons. The third-order valence-corrected chi connectivity index (χ3v) is 10.4. The van der Waals surface area contributed by atoms with Gasteiger partial charge in [-0.2, -0.15) is 0 Å². The van der Waals surface area contributed by atoms with E-state index in [0.717, 1.165) is 23.5 Å². The molecule has 0 bridgehead atoms. The molecule has 9 rings (SSSR count). The highest BCUT2D eigenvalue weighted by atomic mass is 15.1. The Balaban J connectivity index is 1.10. The van der Waals surface area contributed by atoms with Gasteiger partial charge in [-0.25, -0.2) is 0 Å². The van der Waals surface area contributed by atoms with Crippen molar-refractivity contribution >= 4 is 27.8 Å². The fraction of sp³-hybridized carbons (Fsp3) is 0.0385. The largest absolute Gasteiger partial charge is 0.310 e. The molecule has 0 fully saturated rings. The summed E-state index contributed by atoms with van der Waals surface area (Å²) >= 11 is 0. The van der Waals surface area contributed by atoms with E-state index in [0.29, 0.717) is 5.92 Å².